The van der Waals surface area contributed by atoms with Gasteiger partial charge in [-0.1, -0.05) is 24.4 Å². The largest absolute Gasteiger partial charge is 0.416 e. The van der Waals surface area contributed by atoms with E-state index in [4.69, 9.17) is 12.2 Å². The van der Waals surface area contributed by atoms with E-state index >= 15 is 0 Å². The van der Waals surface area contributed by atoms with Crippen molar-refractivity contribution in [2.45, 2.75) is 13.1 Å². The molecule has 1 heterocycles. The number of thioether (sulfide) groups is 1. The summed E-state index contributed by atoms with van der Waals surface area (Å²) in [5.41, 5.74) is 1.19. The Balaban J connectivity index is 2.34. The third kappa shape index (κ3) is 2.55. The molecule has 0 saturated carbocycles. The van der Waals surface area contributed by atoms with Gasteiger partial charge in [-0.05, 0) is 30.2 Å². The zero-order valence-electron chi connectivity index (χ0n) is 8.97. The summed E-state index contributed by atoms with van der Waals surface area (Å²) in [5.74, 6) is 0.748. The zero-order valence-corrected chi connectivity index (χ0v) is 10.6. The third-order valence-corrected chi connectivity index (χ3v) is 4.48. The van der Waals surface area contributed by atoms with Crippen molar-refractivity contribution in [3.63, 3.8) is 0 Å². The van der Waals surface area contributed by atoms with E-state index in [1.165, 1.54) is 12.1 Å². The van der Waals surface area contributed by atoms with Gasteiger partial charge in [0.05, 0.1) is 5.56 Å². The smallest absolute Gasteiger partial charge is 0.166 e. The number of benzene rings is 1. The molecule has 1 aliphatic heterocycles. The van der Waals surface area contributed by atoms with Crippen LogP contribution in [0.5, 0.6) is 0 Å². The fourth-order valence-electron chi connectivity index (χ4n) is 1.59. The summed E-state index contributed by atoms with van der Waals surface area (Å²) in [5, 5.41) is 0. The molecule has 0 spiro atoms. The summed E-state index contributed by atoms with van der Waals surface area (Å²) < 4.78 is 37.2. The summed E-state index contributed by atoms with van der Waals surface area (Å²) >= 11 is 6.73. The van der Waals surface area contributed by atoms with Crippen LogP contribution in [0, 0.1) is 0 Å². The van der Waals surface area contributed by atoms with Gasteiger partial charge in [0.1, 0.15) is 0 Å². The Hall–Kier alpha value is -0.810. The number of alkyl halides is 3. The molecule has 0 aliphatic carbocycles. The molecule has 90 valence electrons. The van der Waals surface area contributed by atoms with Crippen molar-refractivity contribution < 1.29 is 13.2 Å². The van der Waals surface area contributed by atoms with Gasteiger partial charge in [-0.15, -0.1) is 11.8 Å². The van der Waals surface area contributed by atoms with Crippen LogP contribution in [0.2, 0.25) is 0 Å². The van der Waals surface area contributed by atoms with Gasteiger partial charge in [0.25, 0.3) is 0 Å². The molecular formula is C12H9F3S2. The molecule has 5 heteroatoms. The first-order valence-corrected chi connectivity index (χ1v) is 6.33. The van der Waals surface area contributed by atoms with Crippen LogP contribution in [-0.4, -0.2) is 10.6 Å². The highest BCUT2D eigenvalue weighted by atomic mass is 32.2. The quantitative estimate of drug-likeness (QED) is 0.689. The minimum Gasteiger partial charge on any atom is -0.166 e. The Bertz CT molecular complexity index is 483. The average molecular weight is 274 g/mol. The topological polar surface area (TPSA) is 0 Å². The highest BCUT2D eigenvalue weighted by molar-refractivity contribution is 8.10. The van der Waals surface area contributed by atoms with Gasteiger partial charge in [0.15, 0.2) is 0 Å². The predicted molar refractivity (Wildman–Crippen MR) is 69.1 cm³/mol. The van der Waals surface area contributed by atoms with Gasteiger partial charge in [0, 0.05) is 15.5 Å². The van der Waals surface area contributed by atoms with E-state index in [-0.39, 0.29) is 0 Å². The predicted octanol–water partition coefficient (Wildman–Crippen LogP) is 4.55. The van der Waals surface area contributed by atoms with Crippen LogP contribution in [0.3, 0.4) is 0 Å². The molecular weight excluding hydrogens is 265 g/mol. The van der Waals surface area contributed by atoms with Crippen LogP contribution in [0.1, 0.15) is 18.1 Å². The highest BCUT2D eigenvalue weighted by Crippen LogP contribution is 2.38. The van der Waals surface area contributed by atoms with E-state index in [0.717, 1.165) is 38.8 Å². The molecule has 17 heavy (non-hydrogen) atoms. The van der Waals surface area contributed by atoms with E-state index < -0.39 is 11.7 Å². The SMILES string of the molecule is CC1=C(c2ccc(C(F)(F)F)cc2)SCC1=S. The summed E-state index contributed by atoms with van der Waals surface area (Å²) in [6, 6.07) is 5.22. The first-order valence-electron chi connectivity index (χ1n) is 4.94. The van der Waals surface area contributed by atoms with Crippen LogP contribution in [-0.2, 0) is 6.18 Å². The van der Waals surface area contributed by atoms with Gasteiger partial charge in [-0.2, -0.15) is 13.2 Å². The van der Waals surface area contributed by atoms with Gasteiger partial charge >= 0.3 is 6.18 Å². The third-order valence-electron chi connectivity index (χ3n) is 2.58. The second-order valence-electron chi connectivity index (χ2n) is 3.74. The Morgan fingerprint density at radius 3 is 2.18 bits per heavy atom. The van der Waals surface area contributed by atoms with E-state index in [9.17, 15) is 13.2 Å². The molecule has 1 aromatic carbocycles. The van der Waals surface area contributed by atoms with Crippen molar-refractivity contribution >= 4 is 33.7 Å². The maximum atomic E-state index is 12.4. The van der Waals surface area contributed by atoms with E-state index in [1.54, 1.807) is 11.8 Å². The lowest BCUT2D eigenvalue weighted by atomic mass is 10.1. The molecule has 0 unspecified atom stereocenters. The van der Waals surface area contributed by atoms with Crippen molar-refractivity contribution in [3.05, 3.63) is 41.0 Å². The molecule has 1 aromatic rings. The second-order valence-corrected chi connectivity index (χ2v) is 5.22. The molecule has 0 nitrogen and oxygen atoms in total. The van der Waals surface area contributed by atoms with Gasteiger partial charge in [-0.25, -0.2) is 0 Å². The standard InChI is InChI=1S/C12H9F3S2/c1-7-10(16)6-17-11(7)8-2-4-9(5-3-8)12(13,14)15/h2-5H,6H2,1H3. The number of hydrogen-bond donors (Lipinski definition) is 0. The normalized spacial score (nSPS) is 16.8. The van der Waals surface area contributed by atoms with Gasteiger partial charge < -0.3 is 0 Å². The minimum absolute atomic E-state index is 0.620. The minimum atomic E-state index is -4.28. The van der Waals surface area contributed by atoms with Crippen molar-refractivity contribution in [1.82, 2.24) is 0 Å². The van der Waals surface area contributed by atoms with Crippen LogP contribution in [0.15, 0.2) is 29.8 Å². The van der Waals surface area contributed by atoms with Gasteiger partial charge in [-0.3, -0.25) is 0 Å². The molecule has 0 N–H and O–H groups in total. The average Bonchev–Trinajstić information content (AvgIpc) is 2.59. The highest BCUT2D eigenvalue weighted by Gasteiger charge is 2.30. The maximum absolute atomic E-state index is 12.4. The number of hydrogen-bond acceptors (Lipinski definition) is 2. The summed E-state index contributed by atoms with van der Waals surface area (Å²) in [6.45, 7) is 1.91. The summed E-state index contributed by atoms with van der Waals surface area (Å²) in [7, 11) is 0. The summed E-state index contributed by atoms with van der Waals surface area (Å²) in [4.78, 5) is 1.87. The van der Waals surface area contributed by atoms with Crippen molar-refractivity contribution in [1.29, 1.82) is 0 Å². The lowest BCUT2D eigenvalue weighted by Gasteiger charge is -2.08. The Kier molecular flexibility index (Phi) is 3.32. The molecule has 0 atom stereocenters. The lowest BCUT2D eigenvalue weighted by Crippen LogP contribution is -2.04. The second kappa shape index (κ2) is 4.46. The number of allylic oxidation sites excluding steroid dienone is 1. The fraction of sp³-hybridized carbons (Fsp3) is 0.250. The monoisotopic (exact) mass is 274 g/mol. The van der Waals surface area contributed by atoms with Crippen molar-refractivity contribution in [3.8, 4) is 0 Å². The first-order chi connectivity index (χ1) is 7.89. The molecule has 2 rings (SSSR count). The van der Waals surface area contributed by atoms with Crippen molar-refractivity contribution in [2.24, 2.45) is 0 Å². The first kappa shape index (κ1) is 12.6. The summed E-state index contributed by atoms with van der Waals surface area (Å²) in [6.07, 6.45) is -4.28. The molecule has 0 radical (unpaired) electrons. The zero-order chi connectivity index (χ0) is 12.6. The lowest BCUT2D eigenvalue weighted by molar-refractivity contribution is -0.137. The van der Waals surface area contributed by atoms with E-state index in [0.29, 0.717) is 0 Å². The Morgan fingerprint density at radius 2 is 1.76 bits per heavy atom. The Morgan fingerprint density at radius 1 is 1.18 bits per heavy atom. The molecule has 0 bridgehead atoms. The number of thiocarbonyl (C=S) groups is 1. The van der Waals surface area contributed by atoms with Crippen LogP contribution < -0.4 is 0 Å². The van der Waals surface area contributed by atoms with Gasteiger partial charge in [0.2, 0.25) is 0 Å². The Labute approximate surface area is 107 Å². The maximum Gasteiger partial charge on any atom is 0.416 e. The fourth-order valence-corrected chi connectivity index (χ4v) is 3.07. The van der Waals surface area contributed by atoms with Crippen LogP contribution >= 0.6 is 24.0 Å². The number of rotatable bonds is 1. The molecule has 0 aromatic heterocycles. The van der Waals surface area contributed by atoms with Crippen LogP contribution in [0.25, 0.3) is 4.91 Å². The number of halogens is 3. The van der Waals surface area contributed by atoms with E-state index in [1.807, 2.05) is 6.92 Å². The molecule has 0 saturated heterocycles. The van der Waals surface area contributed by atoms with Crippen LogP contribution in [0.4, 0.5) is 13.2 Å². The van der Waals surface area contributed by atoms with E-state index in [2.05, 4.69) is 0 Å². The molecule has 1 aliphatic rings. The molecule has 0 fully saturated rings. The molecule has 0 amide bonds. The van der Waals surface area contributed by atoms with Crippen molar-refractivity contribution in [2.75, 3.05) is 5.75 Å².